The van der Waals surface area contributed by atoms with Crippen molar-refractivity contribution in [2.45, 2.75) is 32.3 Å². The highest BCUT2D eigenvalue weighted by molar-refractivity contribution is 8.13. The van der Waals surface area contributed by atoms with Gasteiger partial charge in [-0.3, -0.25) is 0 Å². The molecule has 0 amide bonds. The van der Waals surface area contributed by atoms with Crippen molar-refractivity contribution in [2.75, 3.05) is 12.4 Å². The van der Waals surface area contributed by atoms with Crippen molar-refractivity contribution in [1.82, 2.24) is 0 Å². The van der Waals surface area contributed by atoms with Gasteiger partial charge < -0.3 is 4.74 Å². The minimum Gasteiger partial charge on any atom is -0.360 e. The molecule has 0 aliphatic carbocycles. The molecule has 0 bridgehead atoms. The van der Waals surface area contributed by atoms with E-state index in [9.17, 15) is 34.8 Å². The molecule has 0 aromatic heterocycles. The molecule has 0 saturated carbocycles. The van der Waals surface area contributed by atoms with Gasteiger partial charge in [0.25, 0.3) is 0 Å². The van der Waals surface area contributed by atoms with Gasteiger partial charge in [-0.15, -0.1) is 0 Å². The summed E-state index contributed by atoms with van der Waals surface area (Å²) in [5, 5.41) is 0. The molecule has 0 aromatic rings. The maximum absolute atomic E-state index is 12.1. The Labute approximate surface area is 110 Å². The van der Waals surface area contributed by atoms with Crippen LogP contribution in [0.15, 0.2) is 0 Å². The fourth-order valence-electron chi connectivity index (χ4n) is 1.19. The summed E-state index contributed by atoms with van der Waals surface area (Å²) in [4.78, 5) is 0. The maximum atomic E-state index is 12.1. The van der Waals surface area contributed by atoms with Crippen LogP contribution < -0.4 is 0 Å². The third-order valence-electron chi connectivity index (χ3n) is 1.80. The quantitative estimate of drug-likeness (QED) is 0.572. The molecule has 0 aliphatic rings. The Morgan fingerprint density at radius 1 is 1.05 bits per heavy atom. The number of ether oxygens (including phenoxy) is 1. The van der Waals surface area contributed by atoms with E-state index in [1.807, 2.05) is 0 Å². The zero-order valence-corrected chi connectivity index (χ0v) is 11.3. The van der Waals surface area contributed by atoms with Crippen LogP contribution in [0, 0.1) is 5.41 Å². The Hall–Kier alpha value is -0.220. The molecule has 11 heteroatoms. The zero-order valence-electron chi connectivity index (χ0n) is 9.77. The molecule has 0 atom stereocenters. The molecule has 0 unspecified atom stereocenters. The molecule has 0 spiro atoms. The molecule has 3 nitrogen and oxygen atoms in total. The SMILES string of the molecule is CC(C)(COC(C(F)(F)F)C(F)(F)F)CS(=O)(=O)Cl. The highest BCUT2D eigenvalue weighted by Gasteiger charge is 2.58. The van der Waals surface area contributed by atoms with Gasteiger partial charge in [0.1, 0.15) is 0 Å². The van der Waals surface area contributed by atoms with E-state index >= 15 is 0 Å². The van der Waals surface area contributed by atoms with Crippen LogP contribution in [-0.4, -0.2) is 39.2 Å². The number of rotatable bonds is 5. The second kappa shape index (κ2) is 5.65. The monoisotopic (exact) mass is 336 g/mol. The fraction of sp³-hybridized carbons (Fsp3) is 1.00. The van der Waals surface area contributed by atoms with Crippen LogP contribution in [0.4, 0.5) is 26.3 Å². The van der Waals surface area contributed by atoms with Crippen LogP contribution in [0.25, 0.3) is 0 Å². The van der Waals surface area contributed by atoms with Crippen molar-refractivity contribution in [1.29, 1.82) is 0 Å². The maximum Gasteiger partial charge on any atom is 0.423 e. The van der Waals surface area contributed by atoms with Crippen molar-refractivity contribution in [3.05, 3.63) is 0 Å². The van der Waals surface area contributed by atoms with Crippen molar-refractivity contribution in [2.24, 2.45) is 5.41 Å². The lowest BCUT2D eigenvalue weighted by Crippen LogP contribution is -2.46. The van der Waals surface area contributed by atoms with Gasteiger partial charge in [-0.1, -0.05) is 13.8 Å². The molecule has 0 aliphatic heterocycles. The first-order chi connectivity index (χ1) is 8.05. The number of alkyl halides is 6. The van der Waals surface area contributed by atoms with E-state index in [-0.39, 0.29) is 0 Å². The summed E-state index contributed by atoms with van der Waals surface area (Å²) in [7, 11) is 0.814. The van der Waals surface area contributed by atoms with Gasteiger partial charge in [0.05, 0.1) is 12.4 Å². The van der Waals surface area contributed by atoms with Gasteiger partial charge in [0, 0.05) is 16.1 Å². The van der Waals surface area contributed by atoms with Gasteiger partial charge in [-0.2, -0.15) is 26.3 Å². The van der Waals surface area contributed by atoms with Crippen LogP contribution >= 0.6 is 10.7 Å². The molecule has 0 N–H and O–H groups in total. The van der Waals surface area contributed by atoms with Crippen molar-refractivity contribution in [3.8, 4) is 0 Å². The van der Waals surface area contributed by atoms with E-state index in [4.69, 9.17) is 10.7 Å². The van der Waals surface area contributed by atoms with Gasteiger partial charge in [-0.25, -0.2) is 8.42 Å². The Kier molecular flexibility index (Phi) is 5.58. The first kappa shape index (κ1) is 18.8. The molecule has 0 rings (SSSR count). The smallest absolute Gasteiger partial charge is 0.360 e. The normalized spacial score (nSPS) is 15.1. The Bertz CT molecular complexity index is 386. The Morgan fingerprint density at radius 3 is 1.68 bits per heavy atom. The van der Waals surface area contributed by atoms with Crippen LogP contribution in [0.2, 0.25) is 0 Å². The van der Waals surface area contributed by atoms with Gasteiger partial charge >= 0.3 is 12.4 Å². The van der Waals surface area contributed by atoms with Gasteiger partial charge in [-0.05, 0) is 0 Å². The minimum absolute atomic E-state index is 0.815. The summed E-state index contributed by atoms with van der Waals surface area (Å²) in [6, 6.07) is 0. The molecule has 0 saturated heterocycles. The standard InChI is InChI=1S/C8H11ClF6O3S/c1-6(2,4-19(9,16)17)3-18-5(7(10,11)12)8(13,14)15/h5H,3-4H2,1-2H3. The fourth-order valence-corrected chi connectivity index (χ4v) is 3.09. The average Bonchev–Trinajstić information content (AvgIpc) is 1.91. The minimum atomic E-state index is -5.63. The Balaban J connectivity index is 4.84. The number of hydrogen-bond acceptors (Lipinski definition) is 3. The highest BCUT2D eigenvalue weighted by Crippen LogP contribution is 2.36. The number of hydrogen-bond donors (Lipinski definition) is 0. The predicted octanol–water partition coefficient (Wildman–Crippen LogP) is 3.09. The summed E-state index contributed by atoms with van der Waals surface area (Å²) >= 11 is 0. The molecule has 0 aromatic carbocycles. The van der Waals surface area contributed by atoms with Crippen molar-refractivity contribution in [3.63, 3.8) is 0 Å². The van der Waals surface area contributed by atoms with E-state index in [1.165, 1.54) is 0 Å². The lowest BCUT2D eigenvalue weighted by atomic mass is 9.98. The van der Waals surface area contributed by atoms with E-state index in [2.05, 4.69) is 4.74 Å². The van der Waals surface area contributed by atoms with E-state index in [0.717, 1.165) is 13.8 Å². The topological polar surface area (TPSA) is 43.4 Å². The van der Waals surface area contributed by atoms with Gasteiger partial charge in [0.2, 0.25) is 15.2 Å². The summed E-state index contributed by atoms with van der Waals surface area (Å²) in [6.45, 7) is 1.18. The molecule has 0 fully saturated rings. The largest absolute Gasteiger partial charge is 0.423 e. The van der Waals surface area contributed by atoms with Gasteiger partial charge in [0.15, 0.2) is 0 Å². The van der Waals surface area contributed by atoms with E-state index in [0.29, 0.717) is 0 Å². The molecule has 19 heavy (non-hydrogen) atoms. The van der Waals surface area contributed by atoms with Crippen LogP contribution in [0.3, 0.4) is 0 Å². The van der Waals surface area contributed by atoms with Crippen molar-refractivity contribution < 1.29 is 39.5 Å². The lowest BCUT2D eigenvalue weighted by molar-refractivity contribution is -0.325. The van der Waals surface area contributed by atoms with E-state index in [1.54, 1.807) is 0 Å². The van der Waals surface area contributed by atoms with E-state index < -0.39 is 45.3 Å². The molecule has 116 valence electrons. The second-order valence-corrected chi connectivity index (χ2v) is 7.40. The summed E-state index contributed by atoms with van der Waals surface area (Å²) < 4.78 is 98.1. The number of halogens is 7. The first-order valence-corrected chi connectivity index (χ1v) is 7.20. The van der Waals surface area contributed by atoms with Crippen LogP contribution in [0.1, 0.15) is 13.8 Å². The van der Waals surface area contributed by atoms with Crippen molar-refractivity contribution >= 4 is 19.7 Å². The molecule has 0 radical (unpaired) electrons. The second-order valence-electron chi connectivity index (χ2n) is 4.62. The Morgan fingerprint density at radius 2 is 1.42 bits per heavy atom. The summed E-state index contributed by atoms with van der Waals surface area (Å²) in [5.41, 5.74) is -1.49. The predicted molar refractivity (Wildman–Crippen MR) is 55.3 cm³/mol. The average molecular weight is 337 g/mol. The first-order valence-electron chi connectivity index (χ1n) is 4.72. The summed E-state index contributed by atoms with van der Waals surface area (Å²) in [5.74, 6) is -0.815. The zero-order chi connectivity index (χ0) is 15.7. The lowest BCUT2D eigenvalue weighted by Gasteiger charge is -2.28. The third kappa shape index (κ3) is 7.83. The summed E-state index contributed by atoms with van der Waals surface area (Å²) in [6.07, 6.45) is -15.2. The highest BCUT2D eigenvalue weighted by atomic mass is 35.7. The molecular weight excluding hydrogens is 326 g/mol. The third-order valence-corrected chi connectivity index (χ3v) is 3.25. The van der Waals surface area contributed by atoms with Crippen LogP contribution in [0.5, 0.6) is 0 Å². The van der Waals surface area contributed by atoms with Crippen LogP contribution in [-0.2, 0) is 13.8 Å². The molecule has 0 heterocycles. The molecular formula is C8H11ClF6O3S.